The number of rotatable bonds is 4. The monoisotopic (exact) mass is 322 g/mol. The molecule has 122 valence electrons. The van der Waals surface area contributed by atoms with Crippen molar-refractivity contribution in [3.8, 4) is 5.88 Å². The smallest absolute Gasteiger partial charge is 0.422 e. The molecule has 0 spiro atoms. The van der Waals surface area contributed by atoms with E-state index in [1.165, 1.54) is 11.8 Å². The third-order valence-corrected chi connectivity index (χ3v) is 3.81. The third kappa shape index (κ3) is 4.22. The SMILES string of the molecule is FC(F)(F)COc1nccc2c1CCN(Cc1ccccc1)C2. The van der Waals surface area contributed by atoms with Crippen molar-refractivity contribution in [1.82, 2.24) is 9.88 Å². The Morgan fingerprint density at radius 1 is 1.13 bits per heavy atom. The van der Waals surface area contributed by atoms with E-state index in [0.717, 1.165) is 24.2 Å². The number of pyridine rings is 1. The van der Waals surface area contributed by atoms with Gasteiger partial charge in [0.05, 0.1) is 0 Å². The molecule has 2 heterocycles. The van der Waals surface area contributed by atoms with E-state index < -0.39 is 12.8 Å². The lowest BCUT2D eigenvalue weighted by Crippen LogP contribution is -2.31. The van der Waals surface area contributed by atoms with Crippen LogP contribution < -0.4 is 4.74 Å². The van der Waals surface area contributed by atoms with Gasteiger partial charge in [0.25, 0.3) is 0 Å². The van der Waals surface area contributed by atoms with Gasteiger partial charge in [-0.15, -0.1) is 0 Å². The van der Waals surface area contributed by atoms with E-state index in [9.17, 15) is 13.2 Å². The van der Waals surface area contributed by atoms with Crippen molar-refractivity contribution in [3.63, 3.8) is 0 Å². The Bertz CT molecular complexity index is 659. The van der Waals surface area contributed by atoms with Crippen LogP contribution in [0, 0.1) is 0 Å². The lowest BCUT2D eigenvalue weighted by Gasteiger charge is -2.29. The molecule has 0 fully saturated rings. The molecule has 0 unspecified atom stereocenters. The topological polar surface area (TPSA) is 25.4 Å². The summed E-state index contributed by atoms with van der Waals surface area (Å²) in [5, 5.41) is 0. The van der Waals surface area contributed by atoms with Gasteiger partial charge in [-0.05, 0) is 23.6 Å². The van der Waals surface area contributed by atoms with Gasteiger partial charge in [0.1, 0.15) is 0 Å². The molecule has 1 aliphatic heterocycles. The summed E-state index contributed by atoms with van der Waals surface area (Å²) in [6.45, 7) is 0.983. The summed E-state index contributed by atoms with van der Waals surface area (Å²) in [5.41, 5.74) is 3.00. The van der Waals surface area contributed by atoms with E-state index in [0.29, 0.717) is 13.0 Å². The number of nitrogens with zero attached hydrogens (tertiary/aromatic N) is 2. The lowest BCUT2D eigenvalue weighted by molar-refractivity contribution is -0.154. The molecule has 0 atom stereocenters. The quantitative estimate of drug-likeness (QED) is 0.860. The fraction of sp³-hybridized carbons (Fsp3) is 0.353. The Kier molecular flexibility index (Phi) is 4.52. The van der Waals surface area contributed by atoms with E-state index >= 15 is 0 Å². The maximum absolute atomic E-state index is 12.3. The number of ether oxygens (including phenoxy) is 1. The summed E-state index contributed by atoms with van der Waals surface area (Å²) in [4.78, 5) is 6.23. The van der Waals surface area contributed by atoms with Crippen molar-refractivity contribution in [1.29, 1.82) is 0 Å². The Morgan fingerprint density at radius 2 is 1.91 bits per heavy atom. The first-order valence-corrected chi connectivity index (χ1v) is 7.44. The average Bonchev–Trinajstić information content (AvgIpc) is 2.53. The minimum atomic E-state index is -4.35. The van der Waals surface area contributed by atoms with Crippen LogP contribution in [0.3, 0.4) is 0 Å². The first-order chi connectivity index (χ1) is 11.0. The number of fused-ring (bicyclic) bond motifs is 1. The molecular formula is C17H17F3N2O. The predicted octanol–water partition coefficient (Wildman–Crippen LogP) is 3.58. The summed E-state index contributed by atoms with van der Waals surface area (Å²) in [6.07, 6.45) is -2.20. The molecule has 0 amide bonds. The molecule has 0 N–H and O–H groups in total. The van der Waals surface area contributed by atoms with Crippen molar-refractivity contribution < 1.29 is 17.9 Å². The predicted molar refractivity (Wildman–Crippen MR) is 80.0 cm³/mol. The van der Waals surface area contributed by atoms with Gasteiger partial charge >= 0.3 is 6.18 Å². The largest absolute Gasteiger partial charge is 0.468 e. The number of hydrogen-bond acceptors (Lipinski definition) is 3. The van der Waals surface area contributed by atoms with Gasteiger partial charge in [0.2, 0.25) is 5.88 Å². The molecule has 6 heteroatoms. The Hall–Kier alpha value is -2.08. The van der Waals surface area contributed by atoms with Crippen molar-refractivity contribution in [2.75, 3.05) is 13.2 Å². The number of hydrogen-bond donors (Lipinski definition) is 0. The van der Waals surface area contributed by atoms with Crippen LogP contribution in [0.4, 0.5) is 13.2 Å². The van der Waals surface area contributed by atoms with Crippen LogP contribution >= 0.6 is 0 Å². The Labute approximate surface area is 132 Å². The molecule has 0 saturated carbocycles. The molecule has 1 aliphatic rings. The van der Waals surface area contributed by atoms with E-state index in [-0.39, 0.29) is 5.88 Å². The fourth-order valence-electron chi connectivity index (χ4n) is 2.77. The zero-order valence-corrected chi connectivity index (χ0v) is 12.5. The summed E-state index contributed by atoms with van der Waals surface area (Å²) < 4.78 is 41.8. The van der Waals surface area contributed by atoms with Crippen LogP contribution in [-0.2, 0) is 19.5 Å². The van der Waals surface area contributed by atoms with E-state index in [1.807, 2.05) is 24.3 Å². The number of alkyl halides is 3. The van der Waals surface area contributed by atoms with Crippen LogP contribution in [0.25, 0.3) is 0 Å². The summed E-state index contributed by atoms with van der Waals surface area (Å²) in [6, 6.07) is 12.0. The first-order valence-electron chi connectivity index (χ1n) is 7.44. The molecule has 0 aliphatic carbocycles. The normalized spacial score (nSPS) is 15.3. The van der Waals surface area contributed by atoms with Crippen LogP contribution in [0.1, 0.15) is 16.7 Å². The molecule has 2 aromatic rings. The summed E-state index contributed by atoms with van der Waals surface area (Å²) >= 11 is 0. The van der Waals surface area contributed by atoms with Crippen molar-refractivity contribution in [2.45, 2.75) is 25.7 Å². The maximum atomic E-state index is 12.3. The average molecular weight is 322 g/mol. The van der Waals surface area contributed by atoms with Gasteiger partial charge in [0, 0.05) is 31.4 Å². The standard InChI is InChI=1S/C17H17F3N2O/c18-17(19,20)12-23-16-15-7-9-22(11-14(15)6-8-21-16)10-13-4-2-1-3-5-13/h1-6,8H,7,9-12H2. The maximum Gasteiger partial charge on any atom is 0.422 e. The second-order valence-corrected chi connectivity index (χ2v) is 5.60. The third-order valence-electron chi connectivity index (χ3n) is 3.81. The van der Waals surface area contributed by atoms with Crippen molar-refractivity contribution in [2.24, 2.45) is 0 Å². The molecule has 0 radical (unpaired) electrons. The zero-order chi connectivity index (χ0) is 16.3. The van der Waals surface area contributed by atoms with Gasteiger partial charge in [-0.2, -0.15) is 13.2 Å². The van der Waals surface area contributed by atoms with E-state index in [4.69, 9.17) is 4.74 Å². The van der Waals surface area contributed by atoms with E-state index in [1.54, 1.807) is 0 Å². The molecule has 1 aromatic heterocycles. The van der Waals surface area contributed by atoms with Crippen molar-refractivity contribution in [3.05, 3.63) is 59.3 Å². The highest BCUT2D eigenvalue weighted by Crippen LogP contribution is 2.28. The van der Waals surface area contributed by atoms with Crippen molar-refractivity contribution >= 4 is 0 Å². The summed E-state index contributed by atoms with van der Waals surface area (Å²) in [5.74, 6) is 0.110. The highest BCUT2D eigenvalue weighted by Gasteiger charge is 2.30. The second-order valence-electron chi connectivity index (χ2n) is 5.60. The van der Waals surface area contributed by atoms with Gasteiger partial charge in [-0.3, -0.25) is 4.90 Å². The number of aromatic nitrogens is 1. The molecule has 1 aromatic carbocycles. The van der Waals surface area contributed by atoms with Gasteiger partial charge < -0.3 is 4.74 Å². The zero-order valence-electron chi connectivity index (χ0n) is 12.5. The highest BCUT2D eigenvalue weighted by atomic mass is 19.4. The lowest BCUT2D eigenvalue weighted by atomic mass is 10.0. The minimum absolute atomic E-state index is 0.110. The molecular weight excluding hydrogens is 305 g/mol. The van der Waals surface area contributed by atoms with E-state index in [2.05, 4.69) is 22.0 Å². The second kappa shape index (κ2) is 6.58. The van der Waals surface area contributed by atoms with Crippen LogP contribution in [-0.4, -0.2) is 29.2 Å². The molecule has 3 rings (SSSR count). The Morgan fingerprint density at radius 3 is 2.65 bits per heavy atom. The molecule has 0 saturated heterocycles. The summed E-state index contributed by atoms with van der Waals surface area (Å²) in [7, 11) is 0. The van der Waals surface area contributed by atoms with Gasteiger partial charge in [-0.25, -0.2) is 4.98 Å². The molecule has 23 heavy (non-hydrogen) atoms. The molecule has 0 bridgehead atoms. The minimum Gasteiger partial charge on any atom is -0.468 e. The first kappa shape index (κ1) is 15.8. The van der Waals surface area contributed by atoms with Gasteiger partial charge in [0.15, 0.2) is 6.61 Å². The highest BCUT2D eigenvalue weighted by molar-refractivity contribution is 5.36. The van der Waals surface area contributed by atoms with Gasteiger partial charge in [-0.1, -0.05) is 30.3 Å². The Balaban J connectivity index is 1.69. The van der Waals surface area contributed by atoms with Crippen LogP contribution in [0.15, 0.2) is 42.6 Å². The molecule has 3 nitrogen and oxygen atoms in total. The van der Waals surface area contributed by atoms with Crippen LogP contribution in [0.5, 0.6) is 5.88 Å². The number of benzene rings is 1. The van der Waals surface area contributed by atoms with Crippen LogP contribution in [0.2, 0.25) is 0 Å². The fourth-order valence-corrected chi connectivity index (χ4v) is 2.77. The number of halogens is 3.